The molecule has 3 unspecified atom stereocenters. The zero-order chi connectivity index (χ0) is 12.5. The van der Waals surface area contributed by atoms with E-state index in [1.54, 1.807) is 7.11 Å². The average Bonchev–Trinajstić information content (AvgIpc) is 2.38. The minimum atomic E-state index is 0.141. The summed E-state index contributed by atoms with van der Waals surface area (Å²) < 4.78 is 16.8. The summed E-state index contributed by atoms with van der Waals surface area (Å²) in [7, 11) is 1.78. The van der Waals surface area contributed by atoms with Crippen molar-refractivity contribution in [2.24, 2.45) is 5.73 Å². The molecular weight excluding hydrogens is 218 g/mol. The molecule has 4 nitrogen and oxygen atoms in total. The minimum absolute atomic E-state index is 0.141. The standard InChI is InChI=1S/C13H27NO3/c1-3-16-13(10-14)7-8-17-12-6-4-5-11(9-12)15-2/h11-13H,3-10,14H2,1-2H3. The topological polar surface area (TPSA) is 53.7 Å². The summed E-state index contributed by atoms with van der Waals surface area (Å²) in [6.45, 7) is 4.02. The summed E-state index contributed by atoms with van der Waals surface area (Å²) in [5, 5.41) is 0. The van der Waals surface area contributed by atoms with E-state index < -0.39 is 0 Å². The molecule has 0 radical (unpaired) electrons. The molecule has 0 aromatic heterocycles. The molecule has 0 heterocycles. The predicted octanol–water partition coefficient (Wildman–Crippen LogP) is 1.71. The van der Waals surface area contributed by atoms with Gasteiger partial charge in [0.2, 0.25) is 0 Å². The van der Waals surface area contributed by atoms with Crippen molar-refractivity contribution in [1.29, 1.82) is 0 Å². The van der Waals surface area contributed by atoms with Gasteiger partial charge < -0.3 is 19.9 Å². The summed E-state index contributed by atoms with van der Waals surface area (Å²) in [5.41, 5.74) is 5.62. The molecule has 0 amide bonds. The molecule has 17 heavy (non-hydrogen) atoms. The minimum Gasteiger partial charge on any atom is -0.381 e. The normalized spacial score (nSPS) is 27.0. The molecule has 0 aromatic carbocycles. The van der Waals surface area contributed by atoms with Gasteiger partial charge in [0.1, 0.15) is 0 Å². The molecule has 2 N–H and O–H groups in total. The Balaban J connectivity index is 2.12. The molecule has 1 saturated carbocycles. The SMILES string of the molecule is CCOC(CN)CCOC1CCCC(OC)C1. The van der Waals surface area contributed by atoms with Gasteiger partial charge in [-0.05, 0) is 39.0 Å². The molecule has 0 spiro atoms. The third kappa shape index (κ3) is 5.82. The van der Waals surface area contributed by atoms with Gasteiger partial charge >= 0.3 is 0 Å². The number of hydrogen-bond acceptors (Lipinski definition) is 4. The van der Waals surface area contributed by atoms with Crippen LogP contribution in [-0.4, -0.2) is 45.2 Å². The van der Waals surface area contributed by atoms with Crippen LogP contribution in [0.3, 0.4) is 0 Å². The monoisotopic (exact) mass is 245 g/mol. The lowest BCUT2D eigenvalue weighted by molar-refractivity contribution is -0.0422. The zero-order valence-corrected chi connectivity index (χ0v) is 11.2. The van der Waals surface area contributed by atoms with Gasteiger partial charge in [0.15, 0.2) is 0 Å². The van der Waals surface area contributed by atoms with Crippen LogP contribution in [0.1, 0.15) is 39.0 Å². The number of hydrogen-bond donors (Lipinski definition) is 1. The fourth-order valence-electron chi connectivity index (χ4n) is 2.34. The van der Waals surface area contributed by atoms with Crippen LogP contribution in [0.25, 0.3) is 0 Å². The van der Waals surface area contributed by atoms with E-state index in [1.807, 2.05) is 6.92 Å². The Kier molecular flexibility index (Phi) is 7.77. The maximum Gasteiger partial charge on any atom is 0.0719 e. The van der Waals surface area contributed by atoms with Crippen LogP contribution in [-0.2, 0) is 14.2 Å². The van der Waals surface area contributed by atoms with Gasteiger partial charge in [-0.25, -0.2) is 0 Å². The first-order valence-corrected chi connectivity index (χ1v) is 6.76. The molecule has 1 fully saturated rings. The van der Waals surface area contributed by atoms with Gasteiger partial charge in [-0.3, -0.25) is 0 Å². The van der Waals surface area contributed by atoms with Gasteiger partial charge in [-0.1, -0.05) is 0 Å². The maximum atomic E-state index is 5.88. The van der Waals surface area contributed by atoms with Crippen molar-refractivity contribution in [2.45, 2.75) is 57.3 Å². The number of ether oxygens (including phenoxy) is 3. The van der Waals surface area contributed by atoms with Crippen molar-refractivity contribution in [3.05, 3.63) is 0 Å². The summed E-state index contributed by atoms with van der Waals surface area (Å²) >= 11 is 0. The van der Waals surface area contributed by atoms with Crippen molar-refractivity contribution < 1.29 is 14.2 Å². The van der Waals surface area contributed by atoms with Crippen LogP contribution in [0.5, 0.6) is 0 Å². The smallest absolute Gasteiger partial charge is 0.0719 e. The van der Waals surface area contributed by atoms with Crippen LogP contribution in [0.15, 0.2) is 0 Å². The largest absolute Gasteiger partial charge is 0.381 e. The highest BCUT2D eigenvalue weighted by Gasteiger charge is 2.22. The van der Waals surface area contributed by atoms with Crippen LogP contribution >= 0.6 is 0 Å². The second-order valence-electron chi connectivity index (χ2n) is 4.62. The van der Waals surface area contributed by atoms with Gasteiger partial charge in [0.05, 0.1) is 18.3 Å². The average molecular weight is 245 g/mol. The fraction of sp³-hybridized carbons (Fsp3) is 1.00. The van der Waals surface area contributed by atoms with Crippen LogP contribution in [0.2, 0.25) is 0 Å². The van der Waals surface area contributed by atoms with Crippen molar-refractivity contribution in [2.75, 3.05) is 26.9 Å². The molecule has 102 valence electrons. The van der Waals surface area contributed by atoms with Crippen molar-refractivity contribution in [3.63, 3.8) is 0 Å². The van der Waals surface area contributed by atoms with Gasteiger partial charge in [-0.15, -0.1) is 0 Å². The second-order valence-corrected chi connectivity index (χ2v) is 4.62. The number of methoxy groups -OCH3 is 1. The van der Waals surface area contributed by atoms with E-state index in [4.69, 9.17) is 19.9 Å². The fourth-order valence-corrected chi connectivity index (χ4v) is 2.34. The summed E-state index contributed by atoms with van der Waals surface area (Å²) in [4.78, 5) is 0. The number of nitrogens with two attached hydrogens (primary N) is 1. The molecule has 1 aliphatic rings. The third-order valence-corrected chi connectivity index (χ3v) is 3.37. The van der Waals surface area contributed by atoms with Gasteiger partial charge in [0.25, 0.3) is 0 Å². The molecule has 0 bridgehead atoms. The maximum absolute atomic E-state index is 5.88. The van der Waals surface area contributed by atoms with E-state index in [0.29, 0.717) is 18.8 Å². The molecule has 1 aliphatic carbocycles. The quantitative estimate of drug-likeness (QED) is 0.707. The number of rotatable bonds is 8. The van der Waals surface area contributed by atoms with E-state index in [0.717, 1.165) is 32.5 Å². The molecule has 4 heteroatoms. The van der Waals surface area contributed by atoms with E-state index >= 15 is 0 Å². The summed E-state index contributed by atoms with van der Waals surface area (Å²) in [6, 6.07) is 0. The van der Waals surface area contributed by atoms with E-state index in [-0.39, 0.29) is 6.10 Å². The first kappa shape index (κ1) is 14.9. The summed E-state index contributed by atoms with van der Waals surface area (Å²) in [5.74, 6) is 0. The lowest BCUT2D eigenvalue weighted by Gasteiger charge is -2.28. The second kappa shape index (κ2) is 8.86. The zero-order valence-electron chi connectivity index (χ0n) is 11.2. The van der Waals surface area contributed by atoms with Crippen molar-refractivity contribution in [1.82, 2.24) is 0 Å². The molecule has 0 aliphatic heterocycles. The molecule has 3 atom stereocenters. The van der Waals surface area contributed by atoms with Crippen molar-refractivity contribution >= 4 is 0 Å². The van der Waals surface area contributed by atoms with Crippen molar-refractivity contribution in [3.8, 4) is 0 Å². The van der Waals surface area contributed by atoms with E-state index in [2.05, 4.69) is 0 Å². The van der Waals surface area contributed by atoms with Gasteiger partial charge in [-0.2, -0.15) is 0 Å². The molecule has 1 rings (SSSR count). The molecular formula is C13H27NO3. The highest BCUT2D eigenvalue weighted by molar-refractivity contribution is 4.73. The lowest BCUT2D eigenvalue weighted by atomic mass is 9.95. The summed E-state index contributed by atoms with van der Waals surface area (Å²) in [6.07, 6.45) is 6.32. The Hall–Kier alpha value is -0.160. The van der Waals surface area contributed by atoms with E-state index in [1.165, 1.54) is 12.8 Å². The van der Waals surface area contributed by atoms with Crippen LogP contribution in [0, 0.1) is 0 Å². The Morgan fingerprint density at radius 3 is 2.71 bits per heavy atom. The van der Waals surface area contributed by atoms with Crippen LogP contribution in [0.4, 0.5) is 0 Å². The highest BCUT2D eigenvalue weighted by Crippen LogP contribution is 2.23. The lowest BCUT2D eigenvalue weighted by Crippen LogP contribution is -2.30. The predicted molar refractivity (Wildman–Crippen MR) is 68.1 cm³/mol. The molecule has 0 aromatic rings. The highest BCUT2D eigenvalue weighted by atomic mass is 16.5. The van der Waals surface area contributed by atoms with Crippen LogP contribution < -0.4 is 5.73 Å². The Labute approximate surface area is 105 Å². The molecule has 0 saturated heterocycles. The Morgan fingerprint density at radius 2 is 2.06 bits per heavy atom. The third-order valence-electron chi connectivity index (χ3n) is 3.37. The Bertz CT molecular complexity index is 190. The first-order chi connectivity index (χ1) is 8.30. The first-order valence-electron chi connectivity index (χ1n) is 6.76. The van der Waals surface area contributed by atoms with E-state index in [9.17, 15) is 0 Å². The Morgan fingerprint density at radius 1 is 1.29 bits per heavy atom. The van der Waals surface area contributed by atoms with Gasteiger partial charge in [0, 0.05) is 26.9 Å².